The van der Waals surface area contributed by atoms with Gasteiger partial charge in [-0.1, -0.05) is 5.21 Å². The Hall–Kier alpha value is -4.28. The Labute approximate surface area is 181 Å². The van der Waals surface area contributed by atoms with E-state index in [-0.39, 0.29) is 24.3 Å². The number of aromatic nitrogens is 5. The Kier molecular flexibility index (Phi) is 4.58. The fourth-order valence-corrected chi connectivity index (χ4v) is 3.43. The highest BCUT2D eigenvalue weighted by Crippen LogP contribution is 2.31. The van der Waals surface area contributed by atoms with Crippen molar-refractivity contribution in [2.45, 2.75) is 19.1 Å². The highest BCUT2D eigenvalue weighted by Gasteiger charge is 2.41. The van der Waals surface area contributed by atoms with Crippen LogP contribution in [0.1, 0.15) is 6.92 Å². The molecule has 0 fully saturated rings. The van der Waals surface area contributed by atoms with Gasteiger partial charge in [-0.05, 0) is 60.4 Å². The van der Waals surface area contributed by atoms with E-state index in [1.807, 2.05) is 19.1 Å². The zero-order chi connectivity index (χ0) is 22.3. The molecule has 1 atom stereocenters. The topological polar surface area (TPSA) is 110 Å². The summed E-state index contributed by atoms with van der Waals surface area (Å²) in [4.78, 5) is 14.1. The molecule has 0 saturated heterocycles. The maximum Gasteiger partial charge on any atom is 0.415 e. The molecule has 0 radical (unpaired) electrons. The minimum Gasteiger partial charge on any atom is -0.489 e. The molecule has 5 rings (SSSR count). The van der Waals surface area contributed by atoms with Gasteiger partial charge >= 0.3 is 11.8 Å². The molecular formula is C21H17FN6O4. The summed E-state index contributed by atoms with van der Waals surface area (Å²) in [5, 5.41) is 19.1. The Balaban J connectivity index is 1.22. The van der Waals surface area contributed by atoms with Crippen molar-refractivity contribution in [2.75, 3.05) is 6.61 Å². The highest BCUT2D eigenvalue weighted by molar-refractivity contribution is 5.58. The minimum absolute atomic E-state index is 0.210. The summed E-state index contributed by atoms with van der Waals surface area (Å²) in [6.07, 6.45) is 3.12. The van der Waals surface area contributed by atoms with E-state index in [0.717, 1.165) is 11.3 Å². The number of hydrogen-bond donors (Lipinski definition) is 0. The molecule has 162 valence electrons. The van der Waals surface area contributed by atoms with E-state index in [4.69, 9.17) is 9.47 Å². The summed E-state index contributed by atoms with van der Waals surface area (Å²) in [5.41, 5.74) is 1.50. The zero-order valence-corrected chi connectivity index (χ0v) is 16.9. The van der Waals surface area contributed by atoms with Crippen LogP contribution in [0.2, 0.25) is 0 Å². The monoisotopic (exact) mass is 436 g/mol. The number of rotatable bonds is 6. The third-order valence-corrected chi connectivity index (χ3v) is 5.04. The van der Waals surface area contributed by atoms with Crippen molar-refractivity contribution in [2.24, 2.45) is 0 Å². The van der Waals surface area contributed by atoms with Gasteiger partial charge in [-0.25, -0.2) is 9.07 Å². The summed E-state index contributed by atoms with van der Waals surface area (Å²) in [7, 11) is 0. The standard InChI is InChI=1S/C21H17FN6O4/c1-21(12-26-11-19(28(29)30)23-20(26)32-21)13-31-17-8-6-16(7-9-17)27-10-18(24-25-27)14-2-4-15(22)5-3-14/h2-11H,12-13H2,1H3/t21-/m1/s1. The number of nitrogens with zero attached hydrogens (tertiary/aromatic N) is 6. The first-order chi connectivity index (χ1) is 15.4. The lowest BCUT2D eigenvalue weighted by Crippen LogP contribution is -2.38. The van der Waals surface area contributed by atoms with Crippen LogP contribution in [0.4, 0.5) is 10.2 Å². The van der Waals surface area contributed by atoms with Crippen LogP contribution in [0.5, 0.6) is 11.8 Å². The van der Waals surface area contributed by atoms with Crippen molar-refractivity contribution in [1.82, 2.24) is 24.5 Å². The average molecular weight is 436 g/mol. The second-order valence-corrected chi connectivity index (χ2v) is 7.66. The Morgan fingerprint density at radius 3 is 2.62 bits per heavy atom. The van der Waals surface area contributed by atoms with E-state index in [9.17, 15) is 14.5 Å². The van der Waals surface area contributed by atoms with Crippen LogP contribution in [0.25, 0.3) is 16.9 Å². The molecule has 3 heterocycles. The lowest BCUT2D eigenvalue weighted by atomic mass is 10.1. The van der Waals surface area contributed by atoms with Gasteiger partial charge in [-0.15, -0.1) is 5.10 Å². The van der Waals surface area contributed by atoms with Crippen molar-refractivity contribution in [3.63, 3.8) is 0 Å². The number of nitro groups is 1. The van der Waals surface area contributed by atoms with Crippen molar-refractivity contribution in [3.05, 3.63) is 76.9 Å². The first-order valence-corrected chi connectivity index (χ1v) is 9.71. The second kappa shape index (κ2) is 7.45. The van der Waals surface area contributed by atoms with E-state index in [2.05, 4.69) is 15.3 Å². The molecule has 32 heavy (non-hydrogen) atoms. The van der Waals surface area contributed by atoms with E-state index in [1.54, 1.807) is 39.7 Å². The van der Waals surface area contributed by atoms with Gasteiger partial charge in [0.1, 0.15) is 30.1 Å². The average Bonchev–Trinajstić information content (AvgIpc) is 3.47. The van der Waals surface area contributed by atoms with Gasteiger partial charge < -0.3 is 19.6 Å². The zero-order valence-electron chi connectivity index (χ0n) is 16.9. The smallest absolute Gasteiger partial charge is 0.415 e. The van der Waals surface area contributed by atoms with Crippen molar-refractivity contribution in [1.29, 1.82) is 0 Å². The molecule has 0 bridgehead atoms. The van der Waals surface area contributed by atoms with E-state index in [0.29, 0.717) is 18.0 Å². The highest BCUT2D eigenvalue weighted by atomic mass is 19.1. The predicted molar refractivity (Wildman–Crippen MR) is 110 cm³/mol. The summed E-state index contributed by atoms with van der Waals surface area (Å²) in [6, 6.07) is 13.5. The molecule has 1 aliphatic rings. The molecule has 0 amide bonds. The lowest BCUT2D eigenvalue weighted by molar-refractivity contribution is -0.389. The molecule has 1 aliphatic heterocycles. The third-order valence-electron chi connectivity index (χ3n) is 5.04. The number of benzene rings is 2. The molecule has 0 unspecified atom stereocenters. The largest absolute Gasteiger partial charge is 0.489 e. The van der Waals surface area contributed by atoms with Gasteiger partial charge in [0, 0.05) is 10.5 Å². The SMILES string of the molecule is C[C@]1(COc2ccc(-n3cc(-c4ccc(F)cc4)nn3)cc2)Cn2cc([N+](=O)[O-])nc2O1. The van der Waals surface area contributed by atoms with Crippen LogP contribution < -0.4 is 9.47 Å². The van der Waals surface area contributed by atoms with Crippen molar-refractivity contribution in [3.8, 4) is 28.7 Å². The van der Waals surface area contributed by atoms with Gasteiger partial charge in [0.2, 0.25) is 0 Å². The molecule has 4 aromatic rings. The summed E-state index contributed by atoms with van der Waals surface area (Å²) in [6.45, 7) is 2.49. The molecule has 0 N–H and O–H groups in total. The molecule has 0 aliphatic carbocycles. The summed E-state index contributed by atoms with van der Waals surface area (Å²) < 4.78 is 28.0. The molecule has 2 aromatic heterocycles. The van der Waals surface area contributed by atoms with Crippen LogP contribution in [0.3, 0.4) is 0 Å². The van der Waals surface area contributed by atoms with Gasteiger partial charge in [0.25, 0.3) is 0 Å². The number of hydrogen-bond acceptors (Lipinski definition) is 7. The first-order valence-electron chi connectivity index (χ1n) is 9.71. The van der Waals surface area contributed by atoms with Crippen molar-refractivity contribution >= 4 is 5.82 Å². The number of imidazole rings is 1. The van der Waals surface area contributed by atoms with Crippen LogP contribution in [0, 0.1) is 15.9 Å². The van der Waals surface area contributed by atoms with Crippen LogP contribution >= 0.6 is 0 Å². The van der Waals surface area contributed by atoms with E-state index < -0.39 is 10.5 Å². The molecule has 10 nitrogen and oxygen atoms in total. The molecule has 2 aromatic carbocycles. The number of ether oxygens (including phenoxy) is 2. The Morgan fingerprint density at radius 1 is 1.19 bits per heavy atom. The molecule has 0 spiro atoms. The van der Waals surface area contributed by atoms with Crippen LogP contribution in [-0.4, -0.2) is 41.7 Å². The molecule has 11 heteroatoms. The number of halogens is 1. The van der Waals surface area contributed by atoms with Gasteiger partial charge in [0.15, 0.2) is 5.60 Å². The van der Waals surface area contributed by atoms with Gasteiger partial charge in [-0.2, -0.15) is 0 Å². The molecular weight excluding hydrogens is 419 g/mol. The quantitative estimate of drug-likeness (QED) is 0.336. The maximum atomic E-state index is 13.1. The Morgan fingerprint density at radius 2 is 1.94 bits per heavy atom. The summed E-state index contributed by atoms with van der Waals surface area (Å²) >= 11 is 0. The number of fused-ring (bicyclic) bond motifs is 1. The Bertz CT molecular complexity index is 1260. The minimum atomic E-state index is -0.688. The van der Waals surface area contributed by atoms with E-state index in [1.165, 1.54) is 18.3 Å². The summed E-state index contributed by atoms with van der Waals surface area (Å²) in [5.74, 6) is 0.0852. The maximum absolute atomic E-state index is 13.1. The second-order valence-electron chi connectivity index (χ2n) is 7.66. The van der Waals surface area contributed by atoms with Crippen LogP contribution in [-0.2, 0) is 6.54 Å². The van der Waals surface area contributed by atoms with Gasteiger partial charge in [0.05, 0.1) is 18.4 Å². The normalized spacial score (nSPS) is 17.1. The molecule has 0 saturated carbocycles. The van der Waals surface area contributed by atoms with Crippen LogP contribution in [0.15, 0.2) is 60.9 Å². The van der Waals surface area contributed by atoms with Crippen molar-refractivity contribution < 1.29 is 18.8 Å². The first kappa shape index (κ1) is 19.7. The fraction of sp³-hybridized carbons (Fsp3) is 0.190. The predicted octanol–water partition coefficient (Wildman–Crippen LogP) is 3.41. The third kappa shape index (κ3) is 3.75. The lowest BCUT2D eigenvalue weighted by Gasteiger charge is -2.22. The fourth-order valence-electron chi connectivity index (χ4n) is 3.43. The van der Waals surface area contributed by atoms with Gasteiger partial charge in [-0.3, -0.25) is 4.57 Å². The van der Waals surface area contributed by atoms with E-state index >= 15 is 0 Å².